The van der Waals surface area contributed by atoms with Gasteiger partial charge in [-0.15, -0.1) is 22.7 Å². The second kappa shape index (κ2) is 6.78. The van der Waals surface area contributed by atoms with Crippen molar-refractivity contribution < 1.29 is 14.0 Å². The highest BCUT2D eigenvalue weighted by atomic mass is 32.1. The first-order chi connectivity index (χ1) is 12.6. The molecular weight excluding hydrogens is 369 g/mol. The maximum atomic E-state index is 13.1. The van der Waals surface area contributed by atoms with Crippen LogP contribution in [0.4, 0.5) is 4.39 Å². The molecule has 0 atom stereocenters. The molecule has 26 heavy (non-hydrogen) atoms. The van der Waals surface area contributed by atoms with Crippen molar-refractivity contribution in [2.45, 2.75) is 24.8 Å². The molecule has 132 valence electrons. The fourth-order valence-corrected chi connectivity index (χ4v) is 4.65. The van der Waals surface area contributed by atoms with E-state index in [0.717, 1.165) is 28.2 Å². The Kier molecular flexibility index (Phi) is 4.46. The summed E-state index contributed by atoms with van der Waals surface area (Å²) >= 11 is 2.83. The van der Waals surface area contributed by atoms with Crippen LogP contribution in [-0.4, -0.2) is 11.7 Å². The first-order valence-corrected chi connectivity index (χ1v) is 9.99. The molecule has 0 unspecified atom stereocenters. The molecule has 0 bridgehead atoms. The van der Waals surface area contributed by atoms with Crippen molar-refractivity contribution in [3.63, 3.8) is 0 Å². The van der Waals surface area contributed by atoms with Gasteiger partial charge < -0.3 is 5.32 Å². The topological polar surface area (TPSA) is 46.2 Å². The fourth-order valence-electron chi connectivity index (χ4n) is 3.00. The number of hydrogen-bond donors (Lipinski definition) is 1. The third-order valence-electron chi connectivity index (χ3n) is 4.64. The molecule has 0 spiro atoms. The van der Waals surface area contributed by atoms with Gasteiger partial charge in [0.25, 0.3) is 0 Å². The van der Waals surface area contributed by atoms with Gasteiger partial charge in [0.1, 0.15) is 5.82 Å². The highest BCUT2D eigenvalue weighted by Crippen LogP contribution is 2.48. The molecule has 2 heterocycles. The summed E-state index contributed by atoms with van der Waals surface area (Å²) in [6.45, 7) is 0.393. The minimum absolute atomic E-state index is 0.0209. The molecule has 3 nitrogen and oxygen atoms in total. The highest BCUT2D eigenvalue weighted by Gasteiger charge is 2.51. The summed E-state index contributed by atoms with van der Waals surface area (Å²) in [6.07, 6.45) is 1.55. The van der Waals surface area contributed by atoms with Crippen LogP contribution < -0.4 is 5.32 Å². The van der Waals surface area contributed by atoms with Crippen molar-refractivity contribution in [1.82, 2.24) is 5.32 Å². The van der Waals surface area contributed by atoms with Crippen molar-refractivity contribution in [2.24, 2.45) is 0 Å². The zero-order valence-corrected chi connectivity index (χ0v) is 15.5. The molecule has 0 radical (unpaired) electrons. The van der Waals surface area contributed by atoms with Crippen LogP contribution in [-0.2, 0) is 16.8 Å². The lowest BCUT2D eigenvalue weighted by atomic mass is 9.95. The normalized spacial score (nSPS) is 14.8. The van der Waals surface area contributed by atoms with Gasteiger partial charge in [0.05, 0.1) is 21.7 Å². The minimum Gasteiger partial charge on any atom is -0.350 e. The molecule has 1 N–H and O–H groups in total. The van der Waals surface area contributed by atoms with Gasteiger partial charge in [-0.25, -0.2) is 4.39 Å². The van der Waals surface area contributed by atoms with Gasteiger partial charge in [-0.3, -0.25) is 9.59 Å². The van der Waals surface area contributed by atoms with Gasteiger partial charge in [0.15, 0.2) is 0 Å². The van der Waals surface area contributed by atoms with Gasteiger partial charge in [0, 0.05) is 4.88 Å². The van der Waals surface area contributed by atoms with Crippen LogP contribution in [0.5, 0.6) is 0 Å². The summed E-state index contributed by atoms with van der Waals surface area (Å²) in [7, 11) is 0. The Bertz CT molecular complexity index is 941. The van der Waals surface area contributed by atoms with Crippen LogP contribution in [0.25, 0.3) is 0 Å². The van der Waals surface area contributed by atoms with E-state index in [1.807, 2.05) is 23.6 Å². The maximum absolute atomic E-state index is 13.1. The van der Waals surface area contributed by atoms with E-state index in [1.165, 1.54) is 34.8 Å². The quantitative estimate of drug-likeness (QED) is 0.634. The molecule has 1 fully saturated rings. The molecule has 3 aromatic rings. The Morgan fingerprint density at radius 2 is 1.81 bits per heavy atom. The molecule has 6 heteroatoms. The molecule has 1 saturated carbocycles. The van der Waals surface area contributed by atoms with Gasteiger partial charge in [0.2, 0.25) is 11.7 Å². The third kappa shape index (κ3) is 3.22. The SMILES string of the molecule is O=C(c1cccs1)c1ccc(CNC(=O)C2(c3ccc(F)cc3)CC2)s1. The molecule has 1 aliphatic rings. The van der Waals surface area contributed by atoms with Crippen molar-refractivity contribution in [2.75, 3.05) is 0 Å². The number of hydrogen-bond acceptors (Lipinski definition) is 4. The number of carbonyl (C=O) groups excluding carboxylic acids is 2. The monoisotopic (exact) mass is 385 g/mol. The van der Waals surface area contributed by atoms with Gasteiger partial charge in [-0.05, 0) is 54.1 Å². The van der Waals surface area contributed by atoms with E-state index in [4.69, 9.17) is 0 Å². The minimum atomic E-state index is -0.527. The van der Waals surface area contributed by atoms with E-state index < -0.39 is 5.41 Å². The van der Waals surface area contributed by atoms with E-state index in [2.05, 4.69) is 5.32 Å². The summed E-state index contributed by atoms with van der Waals surface area (Å²) in [6, 6.07) is 13.5. The third-order valence-corrected chi connectivity index (χ3v) is 6.59. The Balaban J connectivity index is 1.41. The fraction of sp³-hybridized carbons (Fsp3) is 0.200. The van der Waals surface area contributed by atoms with Crippen LogP contribution in [0.1, 0.15) is 37.8 Å². The molecule has 1 amide bonds. The van der Waals surface area contributed by atoms with Crippen molar-refractivity contribution in [3.05, 3.63) is 79.9 Å². The number of halogens is 1. The van der Waals surface area contributed by atoms with Crippen LogP contribution in [0.15, 0.2) is 53.9 Å². The number of amides is 1. The second-order valence-corrected chi connectivity index (χ2v) is 8.46. The molecule has 2 aromatic heterocycles. The number of benzene rings is 1. The molecule has 1 aromatic carbocycles. The lowest BCUT2D eigenvalue weighted by Gasteiger charge is -2.15. The number of thiophene rings is 2. The van der Waals surface area contributed by atoms with Gasteiger partial charge in [-0.2, -0.15) is 0 Å². The molecule has 0 aliphatic heterocycles. The van der Waals surface area contributed by atoms with Crippen LogP contribution in [0, 0.1) is 5.82 Å². The molecular formula is C20H16FNO2S2. The van der Waals surface area contributed by atoms with Gasteiger partial charge in [-0.1, -0.05) is 18.2 Å². The lowest BCUT2D eigenvalue weighted by Crippen LogP contribution is -2.34. The van der Waals surface area contributed by atoms with E-state index in [-0.39, 0.29) is 17.5 Å². The van der Waals surface area contributed by atoms with Crippen LogP contribution in [0.2, 0.25) is 0 Å². The summed E-state index contributed by atoms with van der Waals surface area (Å²) in [5.74, 6) is -0.317. The Labute approximate surface area is 158 Å². The first kappa shape index (κ1) is 17.1. The van der Waals surface area contributed by atoms with Crippen molar-refractivity contribution >= 4 is 34.4 Å². The Hall–Kier alpha value is -2.31. The number of ketones is 1. The standard InChI is InChI=1S/C20H16FNO2S2/c21-14-5-3-13(4-6-14)20(9-10-20)19(24)22-12-15-7-8-17(26-15)18(23)16-2-1-11-25-16/h1-8,11H,9-10,12H2,(H,22,24). The van der Waals surface area contributed by atoms with E-state index in [0.29, 0.717) is 11.4 Å². The largest absolute Gasteiger partial charge is 0.350 e. The highest BCUT2D eigenvalue weighted by molar-refractivity contribution is 7.16. The molecule has 1 aliphatic carbocycles. The average Bonchev–Trinajstić information content (AvgIpc) is 3.08. The van der Waals surface area contributed by atoms with Crippen molar-refractivity contribution in [3.8, 4) is 0 Å². The first-order valence-electron chi connectivity index (χ1n) is 8.30. The van der Waals surface area contributed by atoms with E-state index >= 15 is 0 Å². The summed E-state index contributed by atoms with van der Waals surface area (Å²) in [4.78, 5) is 27.3. The van der Waals surface area contributed by atoms with Crippen LogP contribution >= 0.6 is 22.7 Å². The van der Waals surface area contributed by atoms with Gasteiger partial charge >= 0.3 is 0 Å². The summed E-state index contributed by atoms with van der Waals surface area (Å²) in [5.41, 5.74) is 0.330. The van der Waals surface area contributed by atoms with Crippen LogP contribution in [0.3, 0.4) is 0 Å². The predicted molar refractivity (Wildman–Crippen MR) is 101 cm³/mol. The molecule has 0 saturated heterocycles. The van der Waals surface area contributed by atoms with Crippen molar-refractivity contribution in [1.29, 1.82) is 0 Å². The lowest BCUT2D eigenvalue weighted by molar-refractivity contribution is -0.123. The number of nitrogens with one attached hydrogen (secondary N) is 1. The number of carbonyl (C=O) groups is 2. The maximum Gasteiger partial charge on any atom is 0.230 e. The molecule has 4 rings (SSSR count). The average molecular weight is 385 g/mol. The van der Waals surface area contributed by atoms with E-state index in [1.54, 1.807) is 18.2 Å². The van der Waals surface area contributed by atoms with E-state index in [9.17, 15) is 14.0 Å². The second-order valence-electron chi connectivity index (χ2n) is 6.34. The zero-order valence-electron chi connectivity index (χ0n) is 13.8. The smallest absolute Gasteiger partial charge is 0.230 e. The summed E-state index contributed by atoms with van der Waals surface area (Å²) in [5, 5.41) is 4.85. The zero-order chi connectivity index (χ0) is 18.1. The summed E-state index contributed by atoms with van der Waals surface area (Å²) < 4.78 is 13.1. The number of rotatable bonds is 6. The Morgan fingerprint density at radius 1 is 1.04 bits per heavy atom. The Morgan fingerprint density at radius 3 is 2.46 bits per heavy atom. The predicted octanol–water partition coefficient (Wildman–Crippen LogP) is 4.53.